The van der Waals surface area contributed by atoms with Crippen LogP contribution in [0.2, 0.25) is 0 Å². The zero-order chi connectivity index (χ0) is 12.6. The maximum absolute atomic E-state index is 11.2. The highest BCUT2D eigenvalue weighted by Crippen LogP contribution is 1.95. The van der Waals surface area contributed by atoms with Crippen molar-refractivity contribution >= 4 is 17.9 Å². The third kappa shape index (κ3) is 6.80. The van der Waals surface area contributed by atoms with Gasteiger partial charge in [0, 0.05) is 12.5 Å². The van der Waals surface area contributed by atoms with E-state index in [1.807, 2.05) is 13.8 Å². The van der Waals surface area contributed by atoms with Crippen molar-refractivity contribution in [3.8, 4) is 0 Å². The Hall–Kier alpha value is -1.59. The van der Waals surface area contributed by atoms with Crippen LogP contribution in [0.25, 0.3) is 0 Å². The average Bonchev–Trinajstić information content (AvgIpc) is 2.23. The van der Waals surface area contributed by atoms with E-state index in [-0.39, 0.29) is 18.9 Å². The number of rotatable bonds is 6. The second kappa shape index (κ2) is 7.67. The van der Waals surface area contributed by atoms with Gasteiger partial charge in [0.05, 0.1) is 6.42 Å². The summed E-state index contributed by atoms with van der Waals surface area (Å²) >= 11 is 0. The number of aliphatic carboxylic acids is 1. The van der Waals surface area contributed by atoms with E-state index >= 15 is 0 Å². The topological polar surface area (TPSA) is 95.5 Å². The van der Waals surface area contributed by atoms with Crippen LogP contribution in [0.15, 0.2) is 0 Å². The molecule has 0 saturated carbocycles. The van der Waals surface area contributed by atoms with Gasteiger partial charge in [-0.05, 0) is 12.8 Å². The van der Waals surface area contributed by atoms with Crippen molar-refractivity contribution in [3.05, 3.63) is 0 Å². The van der Waals surface area contributed by atoms with E-state index in [0.717, 1.165) is 12.8 Å². The van der Waals surface area contributed by atoms with Gasteiger partial charge in [0.2, 0.25) is 5.91 Å². The summed E-state index contributed by atoms with van der Waals surface area (Å²) in [6.45, 7) is 3.86. The van der Waals surface area contributed by atoms with Gasteiger partial charge in [0.1, 0.15) is 0 Å². The molecule has 0 rings (SSSR count). The third-order valence-electron chi connectivity index (χ3n) is 2.14. The van der Waals surface area contributed by atoms with E-state index in [0.29, 0.717) is 0 Å². The molecule has 0 radical (unpaired) electrons. The van der Waals surface area contributed by atoms with Gasteiger partial charge in [-0.15, -0.1) is 0 Å². The molecule has 0 aliphatic carbocycles. The van der Waals surface area contributed by atoms with Crippen LogP contribution in [0.3, 0.4) is 0 Å². The molecular weight excluding hydrogens is 212 g/mol. The highest BCUT2D eigenvalue weighted by molar-refractivity contribution is 5.95. The fourth-order valence-electron chi connectivity index (χ4n) is 1.12. The number of nitrogens with one attached hydrogen (secondary N) is 2. The van der Waals surface area contributed by atoms with E-state index < -0.39 is 17.9 Å². The number of amides is 3. The van der Waals surface area contributed by atoms with E-state index in [4.69, 9.17) is 5.11 Å². The Balaban J connectivity index is 3.86. The normalized spacial score (nSPS) is 9.94. The molecule has 0 aromatic heterocycles. The van der Waals surface area contributed by atoms with E-state index in [1.54, 1.807) is 0 Å². The van der Waals surface area contributed by atoms with Crippen molar-refractivity contribution in [2.45, 2.75) is 45.6 Å². The summed E-state index contributed by atoms with van der Waals surface area (Å²) < 4.78 is 0. The maximum atomic E-state index is 11.2. The Kier molecular flexibility index (Phi) is 6.91. The van der Waals surface area contributed by atoms with Crippen molar-refractivity contribution in [2.75, 3.05) is 0 Å². The molecule has 3 amide bonds. The molecule has 6 heteroatoms. The summed E-state index contributed by atoms with van der Waals surface area (Å²) in [5, 5.41) is 13.0. The van der Waals surface area contributed by atoms with Gasteiger partial charge in [0.15, 0.2) is 0 Å². The summed E-state index contributed by atoms with van der Waals surface area (Å²) in [6.07, 6.45) is 1.11. The Labute approximate surface area is 94.4 Å². The molecule has 0 aromatic rings. The number of carbonyl (C=O) groups excluding carboxylic acids is 2. The number of hydrogen-bond acceptors (Lipinski definition) is 3. The minimum atomic E-state index is -1.06. The first-order valence-corrected chi connectivity index (χ1v) is 5.31. The van der Waals surface area contributed by atoms with Gasteiger partial charge in [-0.1, -0.05) is 13.8 Å². The molecule has 0 spiro atoms. The molecule has 92 valence electrons. The molecule has 0 bridgehead atoms. The number of imide groups is 1. The minimum Gasteiger partial charge on any atom is -0.481 e. The van der Waals surface area contributed by atoms with Gasteiger partial charge in [-0.3, -0.25) is 14.9 Å². The largest absolute Gasteiger partial charge is 0.481 e. The lowest BCUT2D eigenvalue weighted by Crippen LogP contribution is -2.44. The Morgan fingerprint density at radius 3 is 2.12 bits per heavy atom. The molecule has 3 N–H and O–H groups in total. The SMILES string of the molecule is CCC(CC)NC(=O)NC(=O)CCC(=O)O. The highest BCUT2D eigenvalue weighted by atomic mass is 16.4. The lowest BCUT2D eigenvalue weighted by atomic mass is 10.2. The summed E-state index contributed by atoms with van der Waals surface area (Å²) in [6, 6.07) is -0.531. The zero-order valence-corrected chi connectivity index (χ0v) is 9.58. The second-order valence-corrected chi connectivity index (χ2v) is 3.43. The van der Waals surface area contributed by atoms with Crippen LogP contribution in [0.4, 0.5) is 4.79 Å². The van der Waals surface area contributed by atoms with Gasteiger partial charge in [-0.2, -0.15) is 0 Å². The van der Waals surface area contributed by atoms with Crippen LogP contribution in [-0.2, 0) is 9.59 Å². The maximum Gasteiger partial charge on any atom is 0.321 e. The predicted octanol–water partition coefficient (Wildman–Crippen LogP) is 0.866. The Bertz CT molecular complexity index is 262. The van der Waals surface area contributed by atoms with Crippen LogP contribution in [0, 0.1) is 0 Å². The van der Waals surface area contributed by atoms with Crippen molar-refractivity contribution in [3.63, 3.8) is 0 Å². The van der Waals surface area contributed by atoms with Crippen LogP contribution in [0.5, 0.6) is 0 Å². The van der Waals surface area contributed by atoms with Gasteiger partial charge in [-0.25, -0.2) is 4.79 Å². The lowest BCUT2D eigenvalue weighted by Gasteiger charge is -2.14. The standard InChI is InChI=1S/C10H18N2O4/c1-3-7(4-2)11-10(16)12-8(13)5-6-9(14)15/h7H,3-6H2,1-2H3,(H,14,15)(H2,11,12,13,16). The summed E-state index contributed by atoms with van der Waals surface area (Å²) in [7, 11) is 0. The molecule has 0 aliphatic rings. The summed E-state index contributed by atoms with van der Waals surface area (Å²) in [5.41, 5.74) is 0. The smallest absolute Gasteiger partial charge is 0.321 e. The van der Waals surface area contributed by atoms with Crippen molar-refractivity contribution in [1.82, 2.24) is 10.6 Å². The fraction of sp³-hybridized carbons (Fsp3) is 0.700. The number of carboxylic acid groups (broad SMARTS) is 1. The van der Waals surface area contributed by atoms with Crippen LogP contribution >= 0.6 is 0 Å². The average molecular weight is 230 g/mol. The van der Waals surface area contributed by atoms with E-state index in [1.165, 1.54) is 0 Å². The molecule has 0 aliphatic heterocycles. The third-order valence-corrected chi connectivity index (χ3v) is 2.14. The molecule has 0 fully saturated rings. The molecule has 0 unspecified atom stereocenters. The molecule has 6 nitrogen and oxygen atoms in total. The first-order valence-electron chi connectivity index (χ1n) is 5.31. The summed E-state index contributed by atoms with van der Waals surface area (Å²) in [4.78, 5) is 32.5. The molecule has 0 saturated heterocycles. The lowest BCUT2D eigenvalue weighted by molar-refractivity contribution is -0.138. The molecule has 0 heterocycles. The van der Waals surface area contributed by atoms with Crippen molar-refractivity contribution in [2.24, 2.45) is 0 Å². The predicted molar refractivity (Wildman–Crippen MR) is 57.9 cm³/mol. The minimum absolute atomic E-state index is 0.0345. The van der Waals surface area contributed by atoms with Gasteiger partial charge in [0.25, 0.3) is 0 Å². The fourth-order valence-corrected chi connectivity index (χ4v) is 1.12. The van der Waals surface area contributed by atoms with Gasteiger partial charge >= 0.3 is 12.0 Å². The monoisotopic (exact) mass is 230 g/mol. The summed E-state index contributed by atoms with van der Waals surface area (Å²) in [5.74, 6) is -1.64. The number of urea groups is 1. The number of carboxylic acids is 1. The Morgan fingerprint density at radius 1 is 1.12 bits per heavy atom. The first kappa shape index (κ1) is 14.4. The first-order chi connectivity index (χ1) is 7.49. The number of carbonyl (C=O) groups is 3. The quantitative estimate of drug-likeness (QED) is 0.630. The second-order valence-electron chi connectivity index (χ2n) is 3.43. The Morgan fingerprint density at radius 2 is 1.69 bits per heavy atom. The van der Waals surface area contributed by atoms with E-state index in [2.05, 4.69) is 10.6 Å². The van der Waals surface area contributed by atoms with Crippen LogP contribution < -0.4 is 10.6 Å². The van der Waals surface area contributed by atoms with Crippen LogP contribution in [-0.4, -0.2) is 29.1 Å². The van der Waals surface area contributed by atoms with Gasteiger partial charge < -0.3 is 10.4 Å². The highest BCUT2D eigenvalue weighted by Gasteiger charge is 2.12. The van der Waals surface area contributed by atoms with Crippen molar-refractivity contribution < 1.29 is 19.5 Å². The molecule has 0 atom stereocenters. The van der Waals surface area contributed by atoms with Crippen molar-refractivity contribution in [1.29, 1.82) is 0 Å². The zero-order valence-electron chi connectivity index (χ0n) is 9.58. The van der Waals surface area contributed by atoms with Crippen LogP contribution in [0.1, 0.15) is 39.5 Å². The van der Waals surface area contributed by atoms with E-state index in [9.17, 15) is 14.4 Å². The molecule has 16 heavy (non-hydrogen) atoms. The number of hydrogen-bond donors (Lipinski definition) is 3. The molecule has 0 aromatic carbocycles. The molecular formula is C10H18N2O4.